The number of hydrogen-bond donors (Lipinski definition) is 0. The van der Waals surface area contributed by atoms with Gasteiger partial charge >= 0.3 is 6.09 Å². The van der Waals surface area contributed by atoms with Crippen LogP contribution in [0.4, 0.5) is 10.6 Å². The zero-order valence-electron chi connectivity index (χ0n) is 15.0. The zero-order chi connectivity index (χ0) is 17.2. The molecule has 6 heteroatoms. The third-order valence-electron chi connectivity index (χ3n) is 4.67. The van der Waals surface area contributed by atoms with Gasteiger partial charge in [0, 0.05) is 43.9 Å². The van der Waals surface area contributed by atoms with Crippen LogP contribution in [0.3, 0.4) is 0 Å². The summed E-state index contributed by atoms with van der Waals surface area (Å²) in [5.74, 6) is 1.59. The van der Waals surface area contributed by atoms with E-state index in [-0.39, 0.29) is 6.09 Å². The Balaban J connectivity index is 1.62. The molecule has 0 atom stereocenters. The van der Waals surface area contributed by atoms with E-state index in [2.05, 4.69) is 20.9 Å². The van der Waals surface area contributed by atoms with Crippen molar-refractivity contribution in [2.75, 3.05) is 31.1 Å². The van der Waals surface area contributed by atoms with Gasteiger partial charge in [0.05, 0.1) is 0 Å². The predicted octanol–water partition coefficient (Wildman–Crippen LogP) is 3.19. The maximum Gasteiger partial charge on any atom is 0.410 e. The summed E-state index contributed by atoms with van der Waals surface area (Å²) in [7, 11) is 0. The summed E-state index contributed by atoms with van der Waals surface area (Å²) in [6.07, 6.45) is 6.16. The summed E-state index contributed by atoms with van der Waals surface area (Å²) in [4.78, 5) is 25.2. The fourth-order valence-corrected chi connectivity index (χ4v) is 3.12. The van der Waals surface area contributed by atoms with Crippen LogP contribution in [0.25, 0.3) is 0 Å². The van der Waals surface area contributed by atoms with Crippen LogP contribution in [0, 0.1) is 0 Å². The first kappa shape index (κ1) is 17.0. The van der Waals surface area contributed by atoms with Crippen molar-refractivity contribution in [3.05, 3.63) is 18.1 Å². The minimum Gasteiger partial charge on any atom is -0.444 e. The van der Waals surface area contributed by atoms with Gasteiger partial charge in [-0.3, -0.25) is 0 Å². The van der Waals surface area contributed by atoms with Crippen LogP contribution in [0.5, 0.6) is 0 Å². The topological polar surface area (TPSA) is 58.6 Å². The number of ether oxygens (including phenoxy) is 1. The Morgan fingerprint density at radius 2 is 1.92 bits per heavy atom. The van der Waals surface area contributed by atoms with Crippen LogP contribution in [0.2, 0.25) is 0 Å². The summed E-state index contributed by atoms with van der Waals surface area (Å²) in [5, 5.41) is 0. The van der Waals surface area contributed by atoms with Gasteiger partial charge in [-0.05, 0) is 40.0 Å². The van der Waals surface area contributed by atoms with E-state index >= 15 is 0 Å². The van der Waals surface area contributed by atoms with E-state index in [1.807, 2.05) is 20.8 Å². The van der Waals surface area contributed by atoms with Crippen LogP contribution >= 0.6 is 0 Å². The molecule has 0 bridgehead atoms. The third-order valence-corrected chi connectivity index (χ3v) is 4.67. The highest BCUT2D eigenvalue weighted by molar-refractivity contribution is 5.68. The molecule has 0 unspecified atom stereocenters. The van der Waals surface area contributed by atoms with Crippen LogP contribution < -0.4 is 4.90 Å². The maximum absolute atomic E-state index is 12.3. The average molecular weight is 332 g/mol. The molecule has 1 saturated heterocycles. The lowest BCUT2D eigenvalue weighted by Gasteiger charge is -2.27. The molecule has 2 aliphatic rings. The van der Waals surface area contributed by atoms with Gasteiger partial charge < -0.3 is 14.5 Å². The number of carbonyl (C=O) groups excluding carboxylic acids is 1. The van der Waals surface area contributed by atoms with Crippen molar-refractivity contribution in [2.45, 2.75) is 58.0 Å². The third kappa shape index (κ3) is 4.16. The van der Waals surface area contributed by atoms with Gasteiger partial charge in [0.2, 0.25) is 0 Å². The maximum atomic E-state index is 12.3. The van der Waals surface area contributed by atoms with Crippen molar-refractivity contribution in [1.29, 1.82) is 0 Å². The van der Waals surface area contributed by atoms with Gasteiger partial charge in [0.1, 0.15) is 17.7 Å². The summed E-state index contributed by atoms with van der Waals surface area (Å²) in [6, 6.07) is 2.13. The fraction of sp³-hybridized carbons (Fsp3) is 0.722. The van der Waals surface area contributed by atoms with Crippen molar-refractivity contribution >= 4 is 11.9 Å². The van der Waals surface area contributed by atoms with Crippen molar-refractivity contribution < 1.29 is 9.53 Å². The quantitative estimate of drug-likeness (QED) is 0.832. The summed E-state index contributed by atoms with van der Waals surface area (Å²) >= 11 is 0. The molecule has 1 aliphatic heterocycles. The van der Waals surface area contributed by atoms with Crippen LogP contribution in [-0.4, -0.2) is 52.7 Å². The molecule has 6 nitrogen and oxygen atoms in total. The minimum atomic E-state index is -0.451. The predicted molar refractivity (Wildman–Crippen MR) is 93.3 cm³/mol. The number of amides is 1. The molecule has 0 radical (unpaired) electrons. The molecule has 0 spiro atoms. The molecule has 1 aromatic heterocycles. The number of aromatic nitrogens is 2. The number of rotatable bonds is 2. The Hall–Kier alpha value is -1.85. The second-order valence-electron chi connectivity index (χ2n) is 7.74. The van der Waals surface area contributed by atoms with E-state index in [9.17, 15) is 4.79 Å². The molecule has 2 heterocycles. The molecule has 3 rings (SSSR count). The van der Waals surface area contributed by atoms with Gasteiger partial charge in [0.15, 0.2) is 0 Å². The largest absolute Gasteiger partial charge is 0.444 e. The van der Waals surface area contributed by atoms with Crippen molar-refractivity contribution in [3.8, 4) is 0 Å². The van der Waals surface area contributed by atoms with E-state index in [4.69, 9.17) is 4.74 Å². The van der Waals surface area contributed by atoms with Crippen molar-refractivity contribution in [2.24, 2.45) is 0 Å². The molecular formula is C18H28N4O2. The van der Waals surface area contributed by atoms with Crippen LogP contribution in [0.1, 0.15) is 58.1 Å². The SMILES string of the molecule is CC(C)(C)OC(=O)N1CCCN(c2cc(C3CCC3)ncn2)CC1. The molecule has 0 aromatic carbocycles. The lowest BCUT2D eigenvalue weighted by atomic mass is 9.83. The van der Waals surface area contributed by atoms with E-state index in [1.165, 1.54) is 25.0 Å². The van der Waals surface area contributed by atoms with Gasteiger partial charge in [-0.2, -0.15) is 0 Å². The van der Waals surface area contributed by atoms with Gasteiger partial charge in [-0.15, -0.1) is 0 Å². The van der Waals surface area contributed by atoms with Gasteiger partial charge in [-0.25, -0.2) is 14.8 Å². The first-order valence-corrected chi connectivity index (χ1v) is 8.97. The molecule has 1 aliphatic carbocycles. The average Bonchev–Trinajstić information content (AvgIpc) is 2.70. The number of nitrogens with zero attached hydrogens (tertiary/aromatic N) is 4. The molecule has 132 valence electrons. The smallest absolute Gasteiger partial charge is 0.410 e. The van der Waals surface area contributed by atoms with E-state index in [0.29, 0.717) is 12.5 Å². The highest BCUT2D eigenvalue weighted by Crippen LogP contribution is 2.35. The van der Waals surface area contributed by atoms with Crippen molar-refractivity contribution in [1.82, 2.24) is 14.9 Å². The lowest BCUT2D eigenvalue weighted by Crippen LogP contribution is -2.39. The Morgan fingerprint density at radius 1 is 1.12 bits per heavy atom. The monoisotopic (exact) mass is 332 g/mol. The summed E-state index contributed by atoms with van der Waals surface area (Å²) in [5.41, 5.74) is 0.715. The number of hydrogen-bond acceptors (Lipinski definition) is 5. The Bertz CT molecular complexity index is 581. The van der Waals surface area contributed by atoms with Crippen LogP contribution in [0.15, 0.2) is 12.4 Å². The van der Waals surface area contributed by atoms with Crippen molar-refractivity contribution in [3.63, 3.8) is 0 Å². The Labute approximate surface area is 144 Å². The van der Waals surface area contributed by atoms with Gasteiger partial charge in [-0.1, -0.05) is 6.42 Å². The minimum absolute atomic E-state index is 0.220. The standard InChI is InChI=1S/C18H28N4O2/c1-18(2,3)24-17(23)22-9-5-8-21(10-11-22)16-12-15(19-13-20-16)14-6-4-7-14/h12-14H,4-11H2,1-3H3. The molecule has 24 heavy (non-hydrogen) atoms. The highest BCUT2D eigenvalue weighted by Gasteiger charge is 2.26. The fourth-order valence-electron chi connectivity index (χ4n) is 3.12. The van der Waals surface area contributed by atoms with E-state index in [0.717, 1.165) is 31.9 Å². The first-order chi connectivity index (χ1) is 11.4. The molecule has 2 fully saturated rings. The Kier molecular flexibility index (Phi) is 4.92. The molecule has 1 saturated carbocycles. The number of anilines is 1. The van der Waals surface area contributed by atoms with E-state index in [1.54, 1.807) is 11.2 Å². The lowest BCUT2D eigenvalue weighted by molar-refractivity contribution is 0.0263. The molecule has 1 aromatic rings. The van der Waals surface area contributed by atoms with Gasteiger partial charge in [0.25, 0.3) is 0 Å². The summed E-state index contributed by atoms with van der Waals surface area (Å²) in [6.45, 7) is 8.78. The molecule has 0 N–H and O–H groups in total. The molecular weight excluding hydrogens is 304 g/mol. The zero-order valence-corrected chi connectivity index (χ0v) is 15.0. The number of carbonyl (C=O) groups is 1. The summed E-state index contributed by atoms with van der Waals surface area (Å²) < 4.78 is 5.49. The first-order valence-electron chi connectivity index (χ1n) is 8.97. The second kappa shape index (κ2) is 6.95. The molecule has 1 amide bonds. The Morgan fingerprint density at radius 3 is 2.58 bits per heavy atom. The second-order valence-corrected chi connectivity index (χ2v) is 7.74. The highest BCUT2D eigenvalue weighted by atomic mass is 16.6. The van der Waals surface area contributed by atoms with E-state index < -0.39 is 5.60 Å². The normalized spacial score (nSPS) is 19.6. The van der Waals surface area contributed by atoms with Crippen LogP contribution in [-0.2, 0) is 4.74 Å².